The number of β-amino-alcohol motifs (C(OH)–C–C–N with tert-alkyl or cyclic N) is 1. The Morgan fingerprint density at radius 1 is 1.27 bits per heavy atom. The van der Waals surface area contributed by atoms with Crippen molar-refractivity contribution < 1.29 is 27.8 Å². The van der Waals surface area contributed by atoms with Crippen molar-refractivity contribution in [3.05, 3.63) is 45.2 Å². The molecular weight excluding hydrogens is 465 g/mol. The van der Waals surface area contributed by atoms with Gasteiger partial charge in [-0.05, 0) is 18.6 Å². The smallest absolute Gasteiger partial charge is 0.408 e. The van der Waals surface area contributed by atoms with Crippen molar-refractivity contribution in [2.24, 2.45) is 0 Å². The van der Waals surface area contributed by atoms with E-state index in [1.54, 1.807) is 4.90 Å². The zero-order valence-electron chi connectivity index (χ0n) is 17.9. The predicted octanol–water partition coefficient (Wildman–Crippen LogP) is 2.62. The third-order valence-corrected chi connectivity index (χ3v) is 6.11. The molecule has 4 rings (SSSR count). The second-order valence-electron chi connectivity index (χ2n) is 7.90. The lowest BCUT2D eigenvalue weighted by Gasteiger charge is -2.40. The highest BCUT2D eigenvalue weighted by Crippen LogP contribution is 2.37. The Kier molecular flexibility index (Phi) is 6.73. The lowest BCUT2D eigenvalue weighted by Crippen LogP contribution is -2.54. The molecule has 0 amide bonds. The van der Waals surface area contributed by atoms with Crippen LogP contribution in [0.4, 0.5) is 24.9 Å². The summed E-state index contributed by atoms with van der Waals surface area (Å²) in [6.45, 7) is 1.26. The molecule has 8 nitrogen and oxygen atoms in total. The molecule has 1 fully saturated rings. The fourth-order valence-electron chi connectivity index (χ4n) is 4.21. The van der Waals surface area contributed by atoms with Gasteiger partial charge in [0.2, 0.25) is 5.95 Å². The molecule has 0 saturated carbocycles. The van der Waals surface area contributed by atoms with Gasteiger partial charge in [0, 0.05) is 36.3 Å². The first-order valence-corrected chi connectivity index (χ1v) is 10.9. The van der Waals surface area contributed by atoms with E-state index < -0.39 is 30.4 Å². The summed E-state index contributed by atoms with van der Waals surface area (Å²) >= 11 is 5.97. The van der Waals surface area contributed by atoms with E-state index in [4.69, 9.17) is 21.1 Å². The van der Waals surface area contributed by atoms with Crippen LogP contribution in [-0.2, 0) is 11.3 Å². The number of anilines is 2. The van der Waals surface area contributed by atoms with E-state index in [2.05, 4.69) is 4.98 Å². The number of benzene rings is 1. The monoisotopic (exact) mass is 488 g/mol. The molecule has 12 heteroatoms. The van der Waals surface area contributed by atoms with E-state index >= 15 is 0 Å². The number of morpholine rings is 1. The molecule has 3 heterocycles. The second kappa shape index (κ2) is 9.40. The maximum atomic E-state index is 14.0. The van der Waals surface area contributed by atoms with E-state index in [9.17, 15) is 23.1 Å². The summed E-state index contributed by atoms with van der Waals surface area (Å²) in [5.74, 6) is 0.425. The molecule has 2 aliphatic rings. The molecule has 33 heavy (non-hydrogen) atoms. The highest BCUT2D eigenvalue weighted by atomic mass is 35.5. The molecule has 1 aromatic carbocycles. The van der Waals surface area contributed by atoms with Crippen LogP contribution in [0.2, 0.25) is 5.02 Å². The van der Waals surface area contributed by atoms with Crippen LogP contribution in [0, 0.1) is 0 Å². The molecule has 1 saturated heterocycles. The van der Waals surface area contributed by atoms with Gasteiger partial charge in [0.05, 0.1) is 26.9 Å². The molecule has 0 bridgehead atoms. The molecule has 0 aliphatic carbocycles. The zero-order valence-corrected chi connectivity index (χ0v) is 18.6. The summed E-state index contributed by atoms with van der Waals surface area (Å²) < 4.78 is 53.7. The number of methoxy groups -OCH3 is 1. The van der Waals surface area contributed by atoms with Gasteiger partial charge in [-0.25, -0.2) is 0 Å². The standard InChI is InChI=1S/C21H24ClF3N4O4/c1-32-16-10-13(22)2-3-14(16)15(30)12-29-17(21(23,24)25)4-5-28-19(31)11-18(26-20(28)29)27-6-8-33-9-7-27/h2-3,10-11,15,17,30H,4-9,12H2,1H3/t15-,17-/m0/s1. The SMILES string of the molecule is COc1cc(Cl)ccc1[C@@H](O)CN1c2nc(N3CCOCC3)cc(=O)n2CC[C@H]1C(F)(F)F. The van der Waals surface area contributed by atoms with Crippen LogP contribution in [0.25, 0.3) is 0 Å². The number of nitrogens with zero attached hydrogens (tertiary/aromatic N) is 4. The third kappa shape index (κ3) is 4.90. The van der Waals surface area contributed by atoms with E-state index in [0.717, 1.165) is 4.90 Å². The Labute approximate surface area is 193 Å². The van der Waals surface area contributed by atoms with Crippen LogP contribution >= 0.6 is 11.6 Å². The highest BCUT2D eigenvalue weighted by molar-refractivity contribution is 6.30. The molecule has 1 aromatic heterocycles. The van der Waals surface area contributed by atoms with Crippen LogP contribution in [0.3, 0.4) is 0 Å². The van der Waals surface area contributed by atoms with Gasteiger partial charge in [0.1, 0.15) is 23.7 Å². The zero-order chi connectivity index (χ0) is 23.8. The fraction of sp³-hybridized carbons (Fsp3) is 0.524. The van der Waals surface area contributed by atoms with Crippen molar-refractivity contribution in [1.29, 1.82) is 0 Å². The minimum absolute atomic E-state index is 0.119. The number of fused-ring (bicyclic) bond motifs is 1. The fourth-order valence-corrected chi connectivity index (χ4v) is 4.37. The van der Waals surface area contributed by atoms with Gasteiger partial charge in [-0.15, -0.1) is 0 Å². The molecule has 2 aliphatic heterocycles. The predicted molar refractivity (Wildman–Crippen MR) is 116 cm³/mol. The molecule has 2 aromatic rings. The molecule has 0 spiro atoms. The van der Waals surface area contributed by atoms with Gasteiger partial charge >= 0.3 is 6.18 Å². The lowest BCUT2D eigenvalue weighted by atomic mass is 10.0. The Bertz CT molecular complexity index is 1060. The Morgan fingerprint density at radius 2 is 2.00 bits per heavy atom. The third-order valence-electron chi connectivity index (χ3n) is 5.87. The maximum Gasteiger partial charge on any atom is 0.408 e. The van der Waals surface area contributed by atoms with Crippen molar-refractivity contribution in [2.75, 3.05) is 49.8 Å². The molecule has 1 N–H and O–H groups in total. The average molecular weight is 489 g/mol. The number of hydrogen-bond donors (Lipinski definition) is 1. The first-order valence-electron chi connectivity index (χ1n) is 10.5. The van der Waals surface area contributed by atoms with Crippen molar-refractivity contribution >= 4 is 23.4 Å². The first kappa shape index (κ1) is 23.7. The molecule has 0 unspecified atom stereocenters. The largest absolute Gasteiger partial charge is 0.496 e. The summed E-state index contributed by atoms with van der Waals surface area (Å²) in [4.78, 5) is 20.0. The quantitative estimate of drug-likeness (QED) is 0.693. The van der Waals surface area contributed by atoms with Gasteiger partial charge < -0.3 is 24.4 Å². The van der Waals surface area contributed by atoms with Crippen molar-refractivity contribution in [3.63, 3.8) is 0 Å². The van der Waals surface area contributed by atoms with Crippen LogP contribution in [-0.4, -0.2) is 66.8 Å². The Morgan fingerprint density at radius 3 is 2.67 bits per heavy atom. The summed E-state index contributed by atoms with van der Waals surface area (Å²) in [5.41, 5.74) is -0.155. The first-order chi connectivity index (χ1) is 15.7. The molecule has 0 radical (unpaired) electrons. The van der Waals surface area contributed by atoms with Crippen molar-refractivity contribution in [1.82, 2.24) is 9.55 Å². The van der Waals surface area contributed by atoms with Crippen molar-refractivity contribution in [2.45, 2.75) is 31.3 Å². The van der Waals surface area contributed by atoms with E-state index in [-0.39, 0.29) is 30.2 Å². The number of aliphatic hydroxyl groups is 1. The number of hydrogen-bond acceptors (Lipinski definition) is 7. The number of rotatable bonds is 5. The summed E-state index contributed by atoms with van der Waals surface area (Å²) in [5, 5.41) is 11.3. The van der Waals surface area contributed by atoms with Gasteiger partial charge in [0.15, 0.2) is 0 Å². The normalized spacial score (nSPS) is 19.9. The van der Waals surface area contributed by atoms with Gasteiger partial charge in [-0.2, -0.15) is 18.2 Å². The van der Waals surface area contributed by atoms with Crippen LogP contribution in [0.1, 0.15) is 18.1 Å². The molecule has 2 atom stereocenters. The van der Waals surface area contributed by atoms with Gasteiger partial charge in [0.25, 0.3) is 5.56 Å². The van der Waals surface area contributed by atoms with Crippen LogP contribution in [0.15, 0.2) is 29.1 Å². The second-order valence-corrected chi connectivity index (χ2v) is 8.34. The topological polar surface area (TPSA) is 80.1 Å². The van der Waals surface area contributed by atoms with E-state index in [1.165, 1.54) is 35.9 Å². The van der Waals surface area contributed by atoms with Crippen LogP contribution in [0.5, 0.6) is 5.75 Å². The average Bonchev–Trinajstić information content (AvgIpc) is 2.79. The van der Waals surface area contributed by atoms with E-state index in [0.29, 0.717) is 37.1 Å². The van der Waals surface area contributed by atoms with Gasteiger partial charge in [-0.3, -0.25) is 9.36 Å². The summed E-state index contributed by atoms with van der Waals surface area (Å²) in [6, 6.07) is 3.93. The Hall–Kier alpha value is -2.50. The summed E-state index contributed by atoms with van der Waals surface area (Å²) in [6.07, 6.45) is -6.26. The number of alkyl halides is 3. The van der Waals surface area contributed by atoms with E-state index in [1.807, 2.05) is 0 Å². The highest BCUT2D eigenvalue weighted by Gasteiger charge is 2.47. The maximum absolute atomic E-state index is 14.0. The van der Waals surface area contributed by atoms with Gasteiger partial charge in [-0.1, -0.05) is 17.7 Å². The molecule has 180 valence electrons. The number of halogens is 4. The molecular formula is C21H24ClF3N4O4. The summed E-state index contributed by atoms with van der Waals surface area (Å²) in [7, 11) is 1.38. The minimum Gasteiger partial charge on any atom is -0.496 e. The lowest BCUT2D eigenvalue weighted by molar-refractivity contribution is -0.153. The van der Waals surface area contributed by atoms with Crippen LogP contribution < -0.4 is 20.1 Å². The number of aliphatic hydroxyl groups excluding tert-OH is 1. The van der Waals surface area contributed by atoms with Crippen molar-refractivity contribution in [3.8, 4) is 5.75 Å². The minimum atomic E-state index is -4.58. The Balaban J connectivity index is 1.74. The number of aromatic nitrogens is 2. The number of ether oxygens (including phenoxy) is 2.